The average Bonchev–Trinajstić information content (AvgIpc) is 2.41. The van der Waals surface area contributed by atoms with Gasteiger partial charge in [-0.05, 0) is 61.1 Å². The Morgan fingerprint density at radius 1 is 1.11 bits per heavy atom. The van der Waals surface area contributed by atoms with Crippen LogP contribution in [0.1, 0.15) is 33.9 Å². The largest absolute Gasteiger partial charge is 0.271 e. The van der Waals surface area contributed by atoms with Crippen LogP contribution >= 0.6 is 0 Å². The fourth-order valence-corrected chi connectivity index (χ4v) is 2.30. The van der Waals surface area contributed by atoms with E-state index < -0.39 is 0 Å². The normalized spacial score (nSPS) is 12.4. The molecule has 0 saturated carbocycles. The number of benzene rings is 1. The van der Waals surface area contributed by atoms with E-state index >= 15 is 0 Å². The quantitative estimate of drug-likeness (QED) is 0.652. The Balaban J connectivity index is 2.24. The maximum absolute atomic E-state index is 5.72. The van der Waals surface area contributed by atoms with Gasteiger partial charge in [0.15, 0.2) is 0 Å². The molecule has 3 nitrogen and oxygen atoms in total. The summed E-state index contributed by atoms with van der Waals surface area (Å²) >= 11 is 0. The highest BCUT2D eigenvalue weighted by molar-refractivity contribution is 5.32. The zero-order valence-electron chi connectivity index (χ0n) is 11.8. The highest BCUT2D eigenvalue weighted by Gasteiger charge is 2.13. The number of nitrogens with zero attached hydrogens (tertiary/aromatic N) is 1. The second-order valence-electron chi connectivity index (χ2n) is 5.07. The van der Waals surface area contributed by atoms with Crippen molar-refractivity contribution in [2.45, 2.75) is 33.2 Å². The number of hydrogen-bond acceptors (Lipinski definition) is 3. The van der Waals surface area contributed by atoms with E-state index in [0.29, 0.717) is 0 Å². The molecule has 0 saturated heterocycles. The van der Waals surface area contributed by atoms with E-state index in [1.165, 1.54) is 22.3 Å². The Bertz CT molecular complexity index is 564. The number of nitrogens with one attached hydrogen (secondary N) is 1. The van der Waals surface area contributed by atoms with Crippen molar-refractivity contribution in [1.82, 2.24) is 10.4 Å². The van der Waals surface area contributed by atoms with Gasteiger partial charge in [0.05, 0.1) is 6.04 Å². The van der Waals surface area contributed by atoms with Crippen LogP contribution in [0, 0.1) is 20.8 Å². The van der Waals surface area contributed by atoms with Gasteiger partial charge < -0.3 is 0 Å². The fourth-order valence-electron chi connectivity index (χ4n) is 2.30. The monoisotopic (exact) mass is 255 g/mol. The van der Waals surface area contributed by atoms with Crippen molar-refractivity contribution in [2.24, 2.45) is 5.84 Å². The van der Waals surface area contributed by atoms with E-state index in [9.17, 15) is 0 Å². The Hall–Kier alpha value is -1.71. The smallest absolute Gasteiger partial charge is 0.0504 e. The van der Waals surface area contributed by atoms with Crippen LogP contribution in [0.2, 0.25) is 0 Å². The van der Waals surface area contributed by atoms with Crippen LogP contribution < -0.4 is 11.3 Å². The van der Waals surface area contributed by atoms with E-state index in [4.69, 9.17) is 5.84 Å². The third-order valence-electron chi connectivity index (χ3n) is 3.65. The molecule has 100 valence electrons. The highest BCUT2D eigenvalue weighted by atomic mass is 15.2. The van der Waals surface area contributed by atoms with Gasteiger partial charge >= 0.3 is 0 Å². The maximum atomic E-state index is 5.72. The minimum atomic E-state index is 0.116. The number of pyridine rings is 1. The van der Waals surface area contributed by atoms with E-state index in [-0.39, 0.29) is 6.04 Å². The maximum Gasteiger partial charge on any atom is 0.0504 e. The molecule has 0 aliphatic carbocycles. The Morgan fingerprint density at radius 3 is 2.53 bits per heavy atom. The zero-order valence-corrected chi connectivity index (χ0v) is 11.8. The van der Waals surface area contributed by atoms with Gasteiger partial charge in [0, 0.05) is 12.4 Å². The molecule has 1 unspecified atom stereocenters. The molecule has 0 radical (unpaired) electrons. The first kappa shape index (κ1) is 13.7. The third kappa shape index (κ3) is 3.19. The number of aryl methyl sites for hydroxylation is 3. The molecule has 0 aliphatic heterocycles. The molecule has 0 amide bonds. The highest BCUT2D eigenvalue weighted by Crippen LogP contribution is 2.21. The lowest BCUT2D eigenvalue weighted by molar-refractivity contribution is 0.548. The molecule has 0 spiro atoms. The minimum absolute atomic E-state index is 0.116. The molecule has 19 heavy (non-hydrogen) atoms. The summed E-state index contributed by atoms with van der Waals surface area (Å²) in [6.45, 7) is 6.33. The zero-order chi connectivity index (χ0) is 13.8. The first-order valence-corrected chi connectivity index (χ1v) is 6.54. The van der Waals surface area contributed by atoms with Gasteiger partial charge in [-0.3, -0.25) is 16.3 Å². The van der Waals surface area contributed by atoms with Crippen LogP contribution in [0.5, 0.6) is 0 Å². The molecule has 1 atom stereocenters. The van der Waals surface area contributed by atoms with Crippen molar-refractivity contribution in [3.63, 3.8) is 0 Å². The summed E-state index contributed by atoms with van der Waals surface area (Å²) in [5.41, 5.74) is 9.21. The molecular weight excluding hydrogens is 234 g/mol. The molecule has 0 bridgehead atoms. The van der Waals surface area contributed by atoms with Crippen LogP contribution in [-0.4, -0.2) is 4.98 Å². The number of hydrogen-bond donors (Lipinski definition) is 2. The van der Waals surface area contributed by atoms with Gasteiger partial charge in [0.25, 0.3) is 0 Å². The average molecular weight is 255 g/mol. The number of hydrazine groups is 1. The van der Waals surface area contributed by atoms with E-state index in [0.717, 1.165) is 12.0 Å². The molecule has 1 heterocycles. The second kappa shape index (κ2) is 5.95. The lowest BCUT2D eigenvalue weighted by Crippen LogP contribution is -2.30. The van der Waals surface area contributed by atoms with Gasteiger partial charge in [-0.1, -0.05) is 18.2 Å². The van der Waals surface area contributed by atoms with Crippen molar-refractivity contribution < 1.29 is 0 Å². The predicted molar refractivity (Wildman–Crippen MR) is 78.7 cm³/mol. The Labute approximate surface area is 114 Å². The Morgan fingerprint density at radius 2 is 1.89 bits per heavy atom. The molecule has 1 aromatic carbocycles. The second-order valence-corrected chi connectivity index (χ2v) is 5.07. The lowest BCUT2D eigenvalue weighted by Gasteiger charge is -2.18. The number of nitrogens with two attached hydrogens (primary N) is 1. The molecule has 1 aromatic heterocycles. The van der Waals surface area contributed by atoms with Crippen LogP contribution in [0.25, 0.3) is 0 Å². The summed E-state index contributed by atoms with van der Waals surface area (Å²) in [6.07, 6.45) is 4.57. The van der Waals surface area contributed by atoms with E-state index in [1.807, 2.05) is 18.5 Å². The van der Waals surface area contributed by atoms with E-state index in [2.05, 4.69) is 49.4 Å². The topological polar surface area (TPSA) is 50.9 Å². The summed E-state index contributed by atoms with van der Waals surface area (Å²) in [4.78, 5) is 4.13. The van der Waals surface area contributed by atoms with Crippen molar-refractivity contribution in [3.05, 3.63) is 64.5 Å². The van der Waals surface area contributed by atoms with Crippen molar-refractivity contribution in [2.75, 3.05) is 0 Å². The molecule has 0 fully saturated rings. The summed E-state index contributed by atoms with van der Waals surface area (Å²) in [5.74, 6) is 5.72. The van der Waals surface area contributed by atoms with Crippen LogP contribution in [0.3, 0.4) is 0 Å². The number of rotatable bonds is 4. The SMILES string of the molecule is Cc1ccc(CC(NN)c2ccncc2C)cc1C. The fraction of sp³-hybridized carbons (Fsp3) is 0.312. The summed E-state index contributed by atoms with van der Waals surface area (Å²) in [6, 6.07) is 8.71. The standard InChI is InChI=1S/C16H21N3/c1-11-4-5-14(8-12(11)2)9-16(19-17)15-6-7-18-10-13(15)3/h4-8,10,16,19H,9,17H2,1-3H3. The number of aromatic nitrogens is 1. The van der Waals surface area contributed by atoms with Crippen LogP contribution in [-0.2, 0) is 6.42 Å². The molecule has 0 aliphatic rings. The Kier molecular flexibility index (Phi) is 4.30. The van der Waals surface area contributed by atoms with Crippen molar-refractivity contribution in [1.29, 1.82) is 0 Å². The van der Waals surface area contributed by atoms with E-state index in [1.54, 1.807) is 0 Å². The molecule has 3 heteroatoms. The van der Waals surface area contributed by atoms with Gasteiger partial charge in [-0.25, -0.2) is 0 Å². The van der Waals surface area contributed by atoms with Crippen molar-refractivity contribution in [3.8, 4) is 0 Å². The first-order chi connectivity index (χ1) is 9.11. The molecular formula is C16H21N3. The third-order valence-corrected chi connectivity index (χ3v) is 3.65. The minimum Gasteiger partial charge on any atom is -0.271 e. The van der Waals surface area contributed by atoms with Crippen molar-refractivity contribution >= 4 is 0 Å². The lowest BCUT2D eigenvalue weighted by atomic mass is 9.95. The van der Waals surface area contributed by atoms with Gasteiger partial charge in [0.2, 0.25) is 0 Å². The molecule has 2 rings (SSSR count). The van der Waals surface area contributed by atoms with Gasteiger partial charge in [-0.15, -0.1) is 0 Å². The van der Waals surface area contributed by atoms with Crippen LogP contribution in [0.4, 0.5) is 0 Å². The summed E-state index contributed by atoms with van der Waals surface area (Å²) in [5, 5.41) is 0. The molecule has 3 N–H and O–H groups in total. The van der Waals surface area contributed by atoms with Gasteiger partial charge in [0.1, 0.15) is 0 Å². The first-order valence-electron chi connectivity index (χ1n) is 6.54. The summed E-state index contributed by atoms with van der Waals surface area (Å²) in [7, 11) is 0. The molecule has 2 aromatic rings. The van der Waals surface area contributed by atoms with Gasteiger partial charge in [-0.2, -0.15) is 0 Å². The predicted octanol–water partition coefficient (Wildman–Crippen LogP) is 2.75. The van der Waals surface area contributed by atoms with Crippen LogP contribution in [0.15, 0.2) is 36.7 Å². The summed E-state index contributed by atoms with van der Waals surface area (Å²) < 4.78 is 0.